The molecule has 9 aromatic carbocycles. The average molecular weight is 919 g/mol. The first kappa shape index (κ1) is 42.5. The van der Waals surface area contributed by atoms with E-state index in [4.69, 9.17) is 8.83 Å². The van der Waals surface area contributed by atoms with Crippen molar-refractivity contribution in [1.82, 2.24) is 0 Å². The fraction of sp³-hybridized carbons (Fsp3) is 0.169. The van der Waals surface area contributed by atoms with E-state index < -0.39 is 0 Å². The minimum atomic E-state index is 0.502. The van der Waals surface area contributed by atoms with Crippen LogP contribution in [0.5, 0.6) is 0 Å². The van der Waals surface area contributed by atoms with E-state index in [9.17, 15) is 10.5 Å². The van der Waals surface area contributed by atoms with Crippen LogP contribution in [0.3, 0.4) is 0 Å². The minimum absolute atomic E-state index is 0.502. The molecule has 2 aliphatic rings. The maximum Gasteiger partial charge on any atom is 0.159 e. The maximum absolute atomic E-state index is 9.85. The average Bonchev–Trinajstić information content (AvgIpc) is 4.27. The molecule has 342 valence electrons. The Morgan fingerprint density at radius 2 is 1.01 bits per heavy atom. The van der Waals surface area contributed by atoms with Gasteiger partial charge >= 0.3 is 0 Å². The maximum atomic E-state index is 9.85. The number of furan rings is 2. The van der Waals surface area contributed by atoms with E-state index in [-0.39, 0.29) is 0 Å². The predicted octanol–water partition coefficient (Wildman–Crippen LogP) is 17.3. The van der Waals surface area contributed by atoms with Crippen LogP contribution >= 0.6 is 0 Å². The molecule has 0 saturated heterocycles. The van der Waals surface area contributed by atoms with Gasteiger partial charge in [0.1, 0.15) is 11.2 Å². The van der Waals surface area contributed by atoms with Crippen LogP contribution in [0.4, 0.5) is 28.4 Å². The summed E-state index contributed by atoms with van der Waals surface area (Å²) in [5.74, 6) is 1.02. The second-order valence-electron chi connectivity index (χ2n) is 19.6. The molecule has 6 heteroatoms. The quantitative estimate of drug-likeness (QED) is 0.136. The van der Waals surface area contributed by atoms with Crippen LogP contribution in [-0.4, -0.2) is 6.54 Å². The zero-order chi connectivity index (χ0) is 47.6. The molecule has 71 heavy (non-hydrogen) atoms. The Labute approximate surface area is 412 Å². The molecule has 2 fully saturated rings. The Hall–Kier alpha value is -8.58. The second-order valence-corrected chi connectivity index (χ2v) is 19.6. The summed E-state index contributed by atoms with van der Waals surface area (Å²) in [6.07, 6.45) is 14.2. The van der Waals surface area contributed by atoms with Crippen molar-refractivity contribution in [2.45, 2.75) is 63.2 Å². The fourth-order valence-electron chi connectivity index (χ4n) is 12.2. The Bertz CT molecular complexity index is 4040. The summed E-state index contributed by atoms with van der Waals surface area (Å²) in [7, 11) is 0. The molecule has 11 aromatic rings. The molecule has 2 aliphatic carbocycles. The monoisotopic (exact) mass is 918 g/mol. The molecule has 0 N–H and O–H groups in total. The van der Waals surface area contributed by atoms with Crippen molar-refractivity contribution in [3.05, 3.63) is 197 Å². The number of nitriles is 2. The van der Waals surface area contributed by atoms with Gasteiger partial charge in [-0.3, -0.25) is 0 Å². The molecule has 0 atom stereocenters. The smallest absolute Gasteiger partial charge is 0.159 e. The lowest BCUT2D eigenvalue weighted by Gasteiger charge is -2.27. The van der Waals surface area contributed by atoms with E-state index in [2.05, 4.69) is 150 Å². The first-order valence-electron chi connectivity index (χ1n) is 25.1. The lowest BCUT2D eigenvalue weighted by atomic mass is 9.93. The van der Waals surface area contributed by atoms with Gasteiger partial charge < -0.3 is 18.6 Å². The first-order chi connectivity index (χ1) is 35.0. The van der Waals surface area contributed by atoms with Crippen LogP contribution in [0.1, 0.15) is 91.0 Å². The molecular weight excluding hydrogens is 869 g/mol. The highest BCUT2D eigenvalue weighted by molar-refractivity contribution is 6.19. The van der Waals surface area contributed by atoms with E-state index in [0.29, 0.717) is 29.5 Å². The van der Waals surface area contributed by atoms with Crippen molar-refractivity contribution in [2.75, 3.05) is 16.3 Å². The summed E-state index contributed by atoms with van der Waals surface area (Å²) in [6.45, 7) is 5.17. The van der Waals surface area contributed by atoms with Crippen molar-refractivity contribution in [3.8, 4) is 12.1 Å². The number of hydrogen-bond donors (Lipinski definition) is 0. The minimum Gasteiger partial charge on any atom is -0.454 e. The number of fused-ring (bicyclic) bond motifs is 6. The normalized spacial score (nSPS) is 14.5. The number of para-hydroxylation sites is 4. The van der Waals surface area contributed by atoms with Gasteiger partial charge in [0, 0.05) is 44.9 Å². The molecule has 0 aliphatic heterocycles. The molecule has 13 rings (SSSR count). The third kappa shape index (κ3) is 7.13. The van der Waals surface area contributed by atoms with Gasteiger partial charge in [0.15, 0.2) is 11.2 Å². The van der Waals surface area contributed by atoms with Gasteiger partial charge in [-0.2, -0.15) is 10.5 Å². The van der Waals surface area contributed by atoms with Gasteiger partial charge in [-0.25, -0.2) is 0 Å². The molecule has 0 bridgehead atoms. The molecule has 0 radical (unpaired) electrons. The van der Waals surface area contributed by atoms with Crippen LogP contribution in [0, 0.1) is 22.7 Å². The molecule has 2 heterocycles. The standard InChI is InChI=1S/C65H50N4O2/c1-41-24-29-47-31-37-57(69(49-34-27-43(40-67)28-35-49)59-23-9-21-55-53-19-7-17-51(45-13-4-5-14-45)63(53)71-65(55)59)56-36-30-46(60(41)61(47)56)15-10-38-68(48-32-25-42(39-66)26-33-48)58-22-8-20-54-52-18-6-16-50(44-11-2-3-12-44)62(52)70-64(54)58/h6-10,15-37,44-45H,1-5,11-14,38H2/b15-10-. The lowest BCUT2D eigenvalue weighted by Crippen LogP contribution is -2.17. The fourth-order valence-corrected chi connectivity index (χ4v) is 12.2. The van der Waals surface area contributed by atoms with Gasteiger partial charge in [0.05, 0.1) is 40.3 Å². The number of rotatable bonds is 10. The summed E-state index contributed by atoms with van der Waals surface area (Å²) < 4.78 is 14.0. The largest absolute Gasteiger partial charge is 0.454 e. The van der Waals surface area contributed by atoms with Gasteiger partial charge in [-0.1, -0.05) is 135 Å². The summed E-state index contributed by atoms with van der Waals surface area (Å²) >= 11 is 0. The number of hydrogen-bond acceptors (Lipinski definition) is 6. The molecule has 2 aromatic heterocycles. The third-order valence-electron chi connectivity index (χ3n) is 15.6. The van der Waals surface area contributed by atoms with Crippen LogP contribution in [0.2, 0.25) is 0 Å². The van der Waals surface area contributed by atoms with E-state index in [1.165, 1.54) is 62.5 Å². The van der Waals surface area contributed by atoms with Crippen molar-refractivity contribution in [2.24, 2.45) is 0 Å². The SMILES string of the molecule is C=c1ccc2ccc(N(c3ccc(C#N)cc3)c3cccc4c3oc3c(C5CCCC5)cccc34)c3ccc(/C=C\CN(c4ccc(C#N)cc4)c4cccc5c4oc4c(C6CCCC6)cccc45)c1c23. The highest BCUT2D eigenvalue weighted by Gasteiger charge is 2.27. The van der Waals surface area contributed by atoms with Crippen LogP contribution in [-0.2, 0) is 0 Å². The number of nitrogens with zero attached hydrogens (tertiary/aromatic N) is 4. The van der Waals surface area contributed by atoms with Crippen molar-refractivity contribution >= 4 is 107 Å². The van der Waals surface area contributed by atoms with Crippen molar-refractivity contribution < 1.29 is 8.83 Å². The van der Waals surface area contributed by atoms with E-state index in [1.807, 2.05) is 48.5 Å². The van der Waals surface area contributed by atoms with Gasteiger partial charge in [-0.15, -0.1) is 0 Å². The van der Waals surface area contributed by atoms with E-state index >= 15 is 0 Å². The molecular formula is C65H50N4O2. The Morgan fingerprint density at radius 3 is 1.61 bits per heavy atom. The van der Waals surface area contributed by atoms with E-state index in [1.54, 1.807) is 0 Å². The third-order valence-corrected chi connectivity index (χ3v) is 15.6. The Kier molecular flexibility index (Phi) is 10.4. The highest BCUT2D eigenvalue weighted by Crippen LogP contribution is 2.48. The molecule has 0 amide bonds. The molecule has 2 saturated carbocycles. The predicted molar refractivity (Wildman–Crippen MR) is 292 cm³/mol. The van der Waals surface area contributed by atoms with Crippen LogP contribution < -0.4 is 15.0 Å². The summed E-state index contributed by atoms with van der Waals surface area (Å²) in [5.41, 5.74) is 13.4. The zero-order valence-electron chi connectivity index (χ0n) is 39.5. The summed E-state index contributed by atoms with van der Waals surface area (Å²) in [6, 6.07) is 59.6. The van der Waals surface area contributed by atoms with E-state index in [0.717, 1.165) is 105 Å². The Morgan fingerprint density at radius 1 is 0.493 bits per heavy atom. The summed E-state index contributed by atoms with van der Waals surface area (Å²) in [5, 5.41) is 29.4. The molecule has 6 nitrogen and oxygen atoms in total. The number of anilines is 5. The van der Waals surface area contributed by atoms with Crippen molar-refractivity contribution in [3.63, 3.8) is 0 Å². The number of benzene rings is 9. The highest BCUT2D eigenvalue weighted by atomic mass is 16.3. The molecule has 0 unspecified atom stereocenters. The van der Waals surface area contributed by atoms with Gasteiger partial charge in [-0.05, 0) is 142 Å². The second kappa shape index (κ2) is 17.4. The summed E-state index contributed by atoms with van der Waals surface area (Å²) in [4.78, 5) is 4.58. The van der Waals surface area contributed by atoms with Gasteiger partial charge in [0.25, 0.3) is 0 Å². The lowest BCUT2D eigenvalue weighted by molar-refractivity contribution is 0.642. The Balaban J connectivity index is 0.938. The topological polar surface area (TPSA) is 80.3 Å². The van der Waals surface area contributed by atoms with Gasteiger partial charge in [0.2, 0.25) is 0 Å². The van der Waals surface area contributed by atoms with Crippen molar-refractivity contribution in [1.29, 1.82) is 10.5 Å². The zero-order valence-corrected chi connectivity index (χ0v) is 39.5. The van der Waals surface area contributed by atoms with Crippen LogP contribution in [0.25, 0.3) is 78.1 Å². The first-order valence-corrected chi connectivity index (χ1v) is 25.1. The molecule has 0 spiro atoms. The van der Waals surface area contributed by atoms with Crippen LogP contribution in [0.15, 0.2) is 173 Å².